The van der Waals surface area contributed by atoms with Crippen LogP contribution < -0.4 is 0 Å². The zero-order valence-corrected chi connectivity index (χ0v) is 17.0. The maximum atomic E-state index is 13.0. The fraction of sp³-hybridized carbons (Fsp3) is 0.0909. The number of nitrogens with zero attached hydrogens (tertiary/aromatic N) is 1. The van der Waals surface area contributed by atoms with Crippen molar-refractivity contribution in [3.63, 3.8) is 0 Å². The van der Waals surface area contributed by atoms with Gasteiger partial charge in [-0.3, -0.25) is 9.59 Å². The van der Waals surface area contributed by atoms with Crippen LogP contribution in [0.5, 0.6) is 0 Å². The predicted molar refractivity (Wildman–Crippen MR) is 109 cm³/mol. The van der Waals surface area contributed by atoms with Crippen LogP contribution in [-0.2, 0) is 16.4 Å². The van der Waals surface area contributed by atoms with Crippen LogP contribution in [0.1, 0.15) is 31.8 Å². The van der Waals surface area contributed by atoms with Crippen LogP contribution in [0, 0.1) is 0 Å². The van der Waals surface area contributed by atoms with E-state index in [1.165, 1.54) is 35.2 Å². The number of carbonyl (C=O) groups is 2. The predicted octanol–water partition coefficient (Wildman–Crippen LogP) is 3.99. The number of carbonyl (C=O) groups excluding carboxylic acids is 2. The Morgan fingerprint density at radius 3 is 2.41 bits per heavy atom. The van der Waals surface area contributed by atoms with E-state index in [-0.39, 0.29) is 38.2 Å². The fourth-order valence-electron chi connectivity index (χ4n) is 3.42. The molecule has 1 amide bonds. The van der Waals surface area contributed by atoms with Crippen LogP contribution in [0.25, 0.3) is 0 Å². The highest BCUT2D eigenvalue weighted by molar-refractivity contribution is 7.91. The number of rotatable bonds is 3. The van der Waals surface area contributed by atoms with Crippen molar-refractivity contribution in [2.75, 3.05) is 7.05 Å². The van der Waals surface area contributed by atoms with Gasteiger partial charge < -0.3 is 4.90 Å². The first-order valence-electron chi connectivity index (χ1n) is 8.82. The molecule has 1 aliphatic heterocycles. The molecule has 4 rings (SSSR count). The second-order valence-corrected chi connectivity index (χ2v) is 9.15. The maximum Gasteiger partial charge on any atom is 0.253 e. The molecule has 7 heteroatoms. The van der Waals surface area contributed by atoms with Gasteiger partial charge in [0.1, 0.15) is 0 Å². The lowest BCUT2D eigenvalue weighted by Crippen LogP contribution is -2.27. The molecule has 1 heterocycles. The van der Waals surface area contributed by atoms with E-state index >= 15 is 0 Å². The Kier molecular flexibility index (Phi) is 4.76. The third-order valence-corrected chi connectivity index (χ3v) is 6.93. The van der Waals surface area contributed by atoms with Crippen LogP contribution in [0.15, 0.2) is 76.5 Å². The van der Waals surface area contributed by atoms with Crippen molar-refractivity contribution in [2.45, 2.75) is 16.3 Å². The summed E-state index contributed by atoms with van der Waals surface area (Å²) in [5, 5.41) is 0.570. The number of ketones is 1. The monoisotopic (exact) mass is 425 g/mol. The molecule has 0 bridgehead atoms. The topological polar surface area (TPSA) is 71.5 Å². The number of hydrogen-bond donors (Lipinski definition) is 0. The number of amides is 1. The van der Waals surface area contributed by atoms with E-state index in [1.807, 2.05) is 6.07 Å². The second kappa shape index (κ2) is 7.13. The zero-order chi connectivity index (χ0) is 20.8. The van der Waals surface area contributed by atoms with Crippen molar-refractivity contribution >= 4 is 33.1 Å². The zero-order valence-electron chi connectivity index (χ0n) is 15.4. The number of halogens is 1. The smallest absolute Gasteiger partial charge is 0.253 e. The SMILES string of the molecule is CN(Cc1cccc(Cl)c1)C(=O)c1ccc2c(c1)S(=O)(=O)c1ccccc1C2=O. The van der Waals surface area contributed by atoms with Gasteiger partial charge in [0.2, 0.25) is 9.84 Å². The molecule has 0 aliphatic carbocycles. The normalized spacial score (nSPS) is 14.1. The minimum atomic E-state index is -3.89. The molecule has 0 spiro atoms. The Balaban J connectivity index is 1.70. The molecule has 0 fully saturated rings. The molecule has 0 aromatic heterocycles. The van der Waals surface area contributed by atoms with Crippen molar-refractivity contribution in [3.8, 4) is 0 Å². The van der Waals surface area contributed by atoms with E-state index in [0.29, 0.717) is 11.6 Å². The fourth-order valence-corrected chi connectivity index (χ4v) is 5.31. The largest absolute Gasteiger partial charge is 0.337 e. The number of sulfone groups is 1. The lowest BCUT2D eigenvalue weighted by molar-refractivity contribution is 0.0784. The van der Waals surface area contributed by atoms with Crippen molar-refractivity contribution in [2.24, 2.45) is 0 Å². The van der Waals surface area contributed by atoms with Crippen molar-refractivity contribution in [3.05, 3.63) is 94.0 Å². The highest BCUT2D eigenvalue weighted by Crippen LogP contribution is 2.35. The molecule has 29 heavy (non-hydrogen) atoms. The van der Waals surface area contributed by atoms with Gasteiger partial charge in [0.05, 0.1) is 9.79 Å². The first kappa shape index (κ1) is 19.4. The van der Waals surface area contributed by atoms with Gasteiger partial charge in [0, 0.05) is 35.3 Å². The van der Waals surface area contributed by atoms with Crippen LogP contribution in [0.4, 0.5) is 0 Å². The molecule has 0 atom stereocenters. The van der Waals surface area contributed by atoms with Crippen LogP contribution >= 0.6 is 11.6 Å². The lowest BCUT2D eigenvalue weighted by atomic mass is 10.0. The molecule has 146 valence electrons. The van der Waals surface area contributed by atoms with E-state index in [4.69, 9.17) is 11.6 Å². The summed E-state index contributed by atoms with van der Waals surface area (Å²) in [6.45, 7) is 0.311. The van der Waals surface area contributed by atoms with Crippen molar-refractivity contribution in [1.82, 2.24) is 4.90 Å². The molecular formula is C22H16ClNO4S. The van der Waals surface area contributed by atoms with Gasteiger partial charge >= 0.3 is 0 Å². The van der Waals surface area contributed by atoms with Crippen molar-refractivity contribution in [1.29, 1.82) is 0 Å². The summed E-state index contributed by atoms with van der Waals surface area (Å²) in [7, 11) is -2.27. The molecule has 0 N–H and O–H groups in total. The summed E-state index contributed by atoms with van der Waals surface area (Å²) in [6, 6.07) is 17.4. The average Bonchev–Trinajstić information content (AvgIpc) is 2.71. The maximum absolute atomic E-state index is 13.0. The molecule has 0 radical (unpaired) electrons. The number of benzene rings is 3. The minimum absolute atomic E-state index is 0.0330. The van der Waals surface area contributed by atoms with E-state index in [2.05, 4.69) is 0 Å². The van der Waals surface area contributed by atoms with Crippen LogP contribution in [-0.4, -0.2) is 32.1 Å². The van der Waals surface area contributed by atoms with Gasteiger partial charge in [-0.2, -0.15) is 0 Å². The minimum Gasteiger partial charge on any atom is -0.337 e. The van der Waals surface area contributed by atoms with E-state index in [9.17, 15) is 18.0 Å². The van der Waals surface area contributed by atoms with Gasteiger partial charge in [-0.15, -0.1) is 0 Å². The Morgan fingerprint density at radius 2 is 1.66 bits per heavy atom. The first-order valence-corrected chi connectivity index (χ1v) is 10.7. The van der Waals surface area contributed by atoms with Crippen LogP contribution in [0.2, 0.25) is 5.02 Å². The molecule has 5 nitrogen and oxygen atoms in total. The Hall–Kier alpha value is -2.96. The number of fused-ring (bicyclic) bond motifs is 2. The van der Waals surface area contributed by atoms with E-state index < -0.39 is 9.84 Å². The van der Waals surface area contributed by atoms with Gasteiger partial charge in [-0.05, 0) is 48.0 Å². The Morgan fingerprint density at radius 1 is 0.931 bits per heavy atom. The van der Waals surface area contributed by atoms with Gasteiger partial charge in [0.25, 0.3) is 5.91 Å². The third kappa shape index (κ3) is 3.34. The van der Waals surface area contributed by atoms with Crippen LogP contribution in [0.3, 0.4) is 0 Å². The highest BCUT2D eigenvalue weighted by Gasteiger charge is 2.35. The summed E-state index contributed by atoms with van der Waals surface area (Å²) >= 11 is 5.99. The lowest BCUT2D eigenvalue weighted by Gasteiger charge is -2.21. The van der Waals surface area contributed by atoms with E-state index in [0.717, 1.165) is 5.56 Å². The Bertz CT molecular complexity index is 1270. The number of hydrogen-bond acceptors (Lipinski definition) is 4. The summed E-state index contributed by atoms with van der Waals surface area (Å²) in [4.78, 5) is 26.9. The van der Waals surface area contributed by atoms with Gasteiger partial charge in [-0.1, -0.05) is 35.9 Å². The first-order chi connectivity index (χ1) is 13.8. The summed E-state index contributed by atoms with van der Waals surface area (Å²) < 4.78 is 26.0. The van der Waals surface area contributed by atoms with Crippen molar-refractivity contribution < 1.29 is 18.0 Å². The molecule has 0 saturated carbocycles. The summed E-state index contributed by atoms with van der Waals surface area (Å²) in [5.74, 6) is -0.717. The molecular weight excluding hydrogens is 410 g/mol. The summed E-state index contributed by atoms with van der Waals surface area (Å²) in [5.41, 5.74) is 1.28. The summed E-state index contributed by atoms with van der Waals surface area (Å²) in [6.07, 6.45) is 0. The molecule has 3 aromatic carbocycles. The highest BCUT2D eigenvalue weighted by atomic mass is 35.5. The quantitative estimate of drug-likeness (QED) is 0.497. The van der Waals surface area contributed by atoms with Gasteiger partial charge in [0.15, 0.2) is 5.78 Å². The molecule has 1 aliphatic rings. The third-order valence-electron chi connectivity index (χ3n) is 4.84. The van der Waals surface area contributed by atoms with Gasteiger partial charge in [-0.25, -0.2) is 8.42 Å². The molecule has 0 saturated heterocycles. The second-order valence-electron chi connectivity index (χ2n) is 6.83. The molecule has 0 unspecified atom stereocenters. The van der Waals surface area contributed by atoms with E-state index in [1.54, 1.807) is 37.4 Å². The standard InChI is InChI=1S/C22H16ClNO4S/c1-24(13-14-5-4-6-16(23)11-14)22(26)15-9-10-18-20(12-15)29(27,28)19-8-3-2-7-17(19)21(18)25/h2-12H,13H2,1H3. The molecule has 3 aromatic rings. The Labute approximate surface area is 173 Å². The average molecular weight is 426 g/mol.